The Hall–Kier alpha value is -1.82. The van der Waals surface area contributed by atoms with Gasteiger partial charge >= 0.3 is 29.6 Å². The van der Waals surface area contributed by atoms with Crippen LogP contribution in [0.3, 0.4) is 0 Å². The third kappa shape index (κ3) is 5.23. The Kier molecular flexibility index (Phi) is 6.94. The summed E-state index contributed by atoms with van der Waals surface area (Å²) in [7, 11) is 0. The molecule has 21 heavy (non-hydrogen) atoms. The Morgan fingerprint density at radius 2 is 1.62 bits per heavy atom. The number of carbonyl (C=O) groups is 2. The normalized spacial score (nSPS) is 9.33. The van der Waals surface area contributed by atoms with Gasteiger partial charge in [-0.2, -0.15) is 0 Å². The van der Waals surface area contributed by atoms with Crippen LogP contribution in [0.2, 0.25) is 0 Å². The summed E-state index contributed by atoms with van der Waals surface area (Å²) < 4.78 is 5.27. The second kappa shape index (κ2) is 8.46. The maximum Gasteiger partial charge on any atom is 1.00 e. The van der Waals surface area contributed by atoms with Crippen LogP contribution in [0.5, 0.6) is 5.75 Å². The number of amides is 1. The van der Waals surface area contributed by atoms with Crippen molar-refractivity contribution in [1.29, 1.82) is 0 Å². The number of hydrogen-bond acceptors (Lipinski definition) is 4. The molecule has 0 fully saturated rings. The van der Waals surface area contributed by atoms with E-state index in [0.29, 0.717) is 5.75 Å². The maximum absolute atomic E-state index is 11.7. The average Bonchev–Trinajstić information content (AvgIpc) is 2.46. The molecule has 5 nitrogen and oxygen atoms in total. The molecule has 0 spiro atoms. The minimum absolute atomic E-state index is 0. The van der Waals surface area contributed by atoms with Gasteiger partial charge in [-0.15, -0.1) is 0 Å². The number of ether oxygens (including phenoxy) is 1. The molecule has 0 aliphatic rings. The number of carboxylic acids is 1. The van der Waals surface area contributed by atoms with Crippen molar-refractivity contribution in [1.82, 2.24) is 0 Å². The topological polar surface area (TPSA) is 78.5 Å². The summed E-state index contributed by atoms with van der Waals surface area (Å²) in [6.07, 6.45) is 0. The number of anilines is 1. The molecular weight excluding hydrogens is 281 g/mol. The van der Waals surface area contributed by atoms with E-state index >= 15 is 0 Å². The molecule has 102 valence electrons. The van der Waals surface area contributed by atoms with Gasteiger partial charge in [-0.3, -0.25) is 4.79 Å². The molecule has 1 amide bonds. The molecule has 1 N–H and O–H groups in total. The van der Waals surface area contributed by atoms with Crippen molar-refractivity contribution < 1.29 is 49.0 Å². The smallest absolute Gasteiger partial charge is 0.545 e. The largest absolute Gasteiger partial charge is 1.00 e. The Balaban J connectivity index is 0.00000220. The third-order valence-electron chi connectivity index (χ3n) is 2.53. The zero-order chi connectivity index (χ0) is 14.4. The molecule has 0 unspecified atom stereocenters. The van der Waals surface area contributed by atoms with Crippen molar-refractivity contribution in [2.24, 2.45) is 0 Å². The van der Waals surface area contributed by atoms with Gasteiger partial charge in [0.2, 0.25) is 0 Å². The van der Waals surface area contributed by atoms with Crippen molar-refractivity contribution in [3.8, 4) is 5.75 Å². The van der Waals surface area contributed by atoms with E-state index in [9.17, 15) is 14.7 Å². The van der Waals surface area contributed by atoms with Crippen LogP contribution in [0.25, 0.3) is 0 Å². The number of hydrogen-bond donors (Lipinski definition) is 1. The molecular formula is C15H12NNaO4. The zero-order valence-electron chi connectivity index (χ0n) is 11.5. The van der Waals surface area contributed by atoms with E-state index < -0.39 is 11.9 Å². The molecule has 0 aliphatic heterocycles. The number of aromatic carboxylic acids is 1. The van der Waals surface area contributed by atoms with Gasteiger partial charge in [0.15, 0.2) is 6.61 Å². The van der Waals surface area contributed by atoms with Gasteiger partial charge in [-0.25, -0.2) is 0 Å². The first-order chi connectivity index (χ1) is 9.66. The SMILES string of the molecule is O=C(COc1ccccc1)Nc1ccccc1C(=O)[O-].[Na+]. The predicted octanol–water partition coefficient (Wildman–Crippen LogP) is -1.93. The molecule has 0 atom stereocenters. The summed E-state index contributed by atoms with van der Waals surface area (Å²) >= 11 is 0. The first-order valence-corrected chi connectivity index (χ1v) is 5.95. The predicted molar refractivity (Wildman–Crippen MR) is 71.3 cm³/mol. The van der Waals surface area contributed by atoms with Crippen LogP contribution in [0.15, 0.2) is 54.6 Å². The Labute approximate surface area is 144 Å². The molecule has 0 radical (unpaired) electrons. The van der Waals surface area contributed by atoms with E-state index in [4.69, 9.17) is 4.74 Å². The standard InChI is InChI=1S/C15H13NO4.Na/c17-14(10-20-11-6-2-1-3-7-11)16-13-9-5-4-8-12(13)15(18)19;/h1-9H,10H2,(H,16,17)(H,18,19);/q;+1/p-1. The van der Waals surface area contributed by atoms with Crippen molar-refractivity contribution >= 4 is 17.6 Å². The van der Waals surface area contributed by atoms with Crippen LogP contribution in [0, 0.1) is 0 Å². The van der Waals surface area contributed by atoms with Crippen LogP contribution in [0.4, 0.5) is 5.69 Å². The van der Waals surface area contributed by atoms with Crippen LogP contribution in [-0.2, 0) is 4.79 Å². The first-order valence-electron chi connectivity index (χ1n) is 5.95. The molecule has 2 aromatic carbocycles. The summed E-state index contributed by atoms with van der Waals surface area (Å²) in [4.78, 5) is 22.6. The van der Waals surface area contributed by atoms with E-state index in [1.807, 2.05) is 6.07 Å². The van der Waals surface area contributed by atoms with Crippen molar-refractivity contribution in [2.75, 3.05) is 11.9 Å². The maximum atomic E-state index is 11.7. The Bertz CT molecular complexity index is 616. The fourth-order valence-corrected chi connectivity index (χ4v) is 1.62. The van der Waals surface area contributed by atoms with Crippen molar-refractivity contribution in [3.63, 3.8) is 0 Å². The summed E-state index contributed by atoms with van der Waals surface area (Å²) in [6, 6.07) is 14.9. The zero-order valence-corrected chi connectivity index (χ0v) is 13.5. The first kappa shape index (κ1) is 17.2. The number of rotatable bonds is 5. The van der Waals surface area contributed by atoms with Gasteiger partial charge < -0.3 is 20.0 Å². The molecule has 0 aliphatic carbocycles. The monoisotopic (exact) mass is 293 g/mol. The van der Waals surface area contributed by atoms with E-state index in [1.54, 1.807) is 36.4 Å². The van der Waals surface area contributed by atoms with Crippen LogP contribution in [-0.4, -0.2) is 18.5 Å². The van der Waals surface area contributed by atoms with Gasteiger partial charge in [-0.05, 0) is 18.2 Å². The van der Waals surface area contributed by atoms with Gasteiger partial charge in [0, 0.05) is 11.3 Å². The minimum Gasteiger partial charge on any atom is -0.545 e. The second-order valence-corrected chi connectivity index (χ2v) is 3.98. The van der Waals surface area contributed by atoms with E-state index in [0.717, 1.165) is 0 Å². The molecule has 6 heteroatoms. The van der Waals surface area contributed by atoms with E-state index in [2.05, 4.69) is 5.32 Å². The van der Waals surface area contributed by atoms with Crippen LogP contribution in [0.1, 0.15) is 10.4 Å². The third-order valence-corrected chi connectivity index (χ3v) is 2.53. The Morgan fingerprint density at radius 3 is 2.29 bits per heavy atom. The van der Waals surface area contributed by atoms with Crippen LogP contribution < -0.4 is 44.7 Å². The summed E-state index contributed by atoms with van der Waals surface area (Å²) in [5.74, 6) is -1.22. The number of nitrogens with one attached hydrogen (secondary N) is 1. The molecule has 0 saturated heterocycles. The number of benzene rings is 2. The molecule has 0 saturated carbocycles. The van der Waals surface area contributed by atoms with E-state index in [1.165, 1.54) is 12.1 Å². The number of carbonyl (C=O) groups excluding carboxylic acids is 2. The van der Waals surface area contributed by atoms with Crippen LogP contribution >= 0.6 is 0 Å². The van der Waals surface area contributed by atoms with Gasteiger partial charge in [0.1, 0.15) is 5.75 Å². The number of carboxylic acid groups (broad SMARTS) is 1. The summed E-state index contributed by atoms with van der Waals surface area (Å²) in [5, 5.41) is 13.4. The van der Waals surface area contributed by atoms with Gasteiger partial charge in [0.05, 0.1) is 5.97 Å². The van der Waals surface area contributed by atoms with E-state index in [-0.39, 0.29) is 47.4 Å². The Morgan fingerprint density at radius 1 is 1.00 bits per heavy atom. The van der Waals surface area contributed by atoms with Gasteiger partial charge in [0.25, 0.3) is 5.91 Å². The fourth-order valence-electron chi connectivity index (χ4n) is 1.62. The summed E-state index contributed by atoms with van der Waals surface area (Å²) in [6.45, 7) is -0.203. The molecule has 0 bridgehead atoms. The van der Waals surface area contributed by atoms with Crippen molar-refractivity contribution in [2.45, 2.75) is 0 Å². The molecule has 0 heterocycles. The molecule has 2 aromatic rings. The molecule has 0 aromatic heterocycles. The average molecular weight is 293 g/mol. The second-order valence-electron chi connectivity index (χ2n) is 3.98. The van der Waals surface area contributed by atoms with Gasteiger partial charge in [-0.1, -0.05) is 36.4 Å². The minimum atomic E-state index is -1.34. The quantitative estimate of drug-likeness (QED) is 0.651. The summed E-state index contributed by atoms with van der Waals surface area (Å²) in [5.41, 5.74) is 0.120. The van der Waals surface area contributed by atoms with Crippen molar-refractivity contribution in [3.05, 3.63) is 60.2 Å². The number of para-hydroxylation sites is 2. The molecule has 2 rings (SSSR count). The fraction of sp³-hybridized carbons (Fsp3) is 0.0667.